The van der Waals surface area contributed by atoms with Crippen molar-refractivity contribution in [1.29, 1.82) is 0 Å². The number of para-hydroxylation sites is 1. The van der Waals surface area contributed by atoms with E-state index < -0.39 is 18.7 Å². The molecule has 0 saturated heterocycles. The van der Waals surface area contributed by atoms with Crippen LogP contribution in [0.25, 0.3) is 0 Å². The van der Waals surface area contributed by atoms with Gasteiger partial charge in [-0.2, -0.15) is 0 Å². The molecule has 0 spiro atoms. The lowest BCUT2D eigenvalue weighted by atomic mass is 10.0. The van der Waals surface area contributed by atoms with E-state index in [1.165, 1.54) is 0 Å². The molecule has 34 heavy (non-hydrogen) atoms. The van der Waals surface area contributed by atoms with Crippen LogP contribution in [0.3, 0.4) is 0 Å². The molecule has 0 radical (unpaired) electrons. The quantitative estimate of drug-likeness (QED) is 0.390. The predicted molar refractivity (Wildman–Crippen MR) is 126 cm³/mol. The summed E-state index contributed by atoms with van der Waals surface area (Å²) in [6.45, 7) is 0.491. The smallest absolute Gasteiger partial charge is 0.407 e. The monoisotopic (exact) mass is 464 g/mol. The van der Waals surface area contributed by atoms with Crippen LogP contribution in [-0.2, 0) is 25.6 Å². The molecule has 1 aliphatic rings. The Morgan fingerprint density at radius 2 is 1.68 bits per heavy atom. The minimum Gasteiger partial charge on any atom is -0.480 e. The summed E-state index contributed by atoms with van der Waals surface area (Å²) in [5.74, 6) is 5.38. The first-order valence-corrected chi connectivity index (χ1v) is 11.2. The number of alkyl carbamates (subject to hydrolysis) is 1. The molecule has 2 amide bonds. The molecule has 2 aromatic rings. The fourth-order valence-corrected chi connectivity index (χ4v) is 3.51. The average molecular weight is 465 g/mol. The van der Waals surface area contributed by atoms with Crippen molar-refractivity contribution < 1.29 is 29.0 Å². The first-order valence-electron chi connectivity index (χ1n) is 11.2. The highest BCUT2D eigenvalue weighted by atomic mass is 16.6. The molecule has 8 heteroatoms. The van der Waals surface area contributed by atoms with Gasteiger partial charge in [-0.1, -0.05) is 48.6 Å². The Kier molecular flexibility index (Phi) is 9.50. The van der Waals surface area contributed by atoms with E-state index in [4.69, 9.17) is 14.6 Å². The molecule has 1 heterocycles. The molecule has 0 aliphatic carbocycles. The van der Waals surface area contributed by atoms with Gasteiger partial charge in [0.05, 0.1) is 18.8 Å². The number of unbranched alkanes of at least 4 members (excludes halogenated alkanes) is 2. The lowest BCUT2D eigenvalue weighted by molar-refractivity contribution is -0.142. The van der Waals surface area contributed by atoms with Crippen LogP contribution < -0.4 is 10.2 Å². The van der Waals surface area contributed by atoms with Crippen molar-refractivity contribution in [1.82, 2.24) is 5.32 Å². The number of hydrogen-bond donors (Lipinski definition) is 2. The second kappa shape index (κ2) is 13.0. The van der Waals surface area contributed by atoms with Crippen LogP contribution in [0.15, 0.2) is 48.5 Å². The number of carbonyl (C=O) groups is 3. The lowest BCUT2D eigenvalue weighted by Gasteiger charge is -2.26. The van der Waals surface area contributed by atoms with E-state index in [2.05, 4.69) is 17.2 Å². The highest BCUT2D eigenvalue weighted by Gasteiger charge is 2.20. The highest BCUT2D eigenvalue weighted by molar-refractivity contribution is 5.95. The molecule has 0 bridgehead atoms. The highest BCUT2D eigenvalue weighted by Crippen LogP contribution is 2.26. The standard InChI is InChI=1S/C26H28N2O6/c29-24(12-2-1-7-15-27-26(32)34-17-16-33-19-25(30)31)28-18-22-10-4-3-8-20(22)13-14-21-9-5-6-11-23(21)28/h3-6,8-11H,1-2,7,12,15-19H2,(H,27,32)(H,30,31). The van der Waals surface area contributed by atoms with Gasteiger partial charge in [-0.15, -0.1) is 0 Å². The summed E-state index contributed by atoms with van der Waals surface area (Å²) in [6.07, 6.45) is 2.01. The fourth-order valence-electron chi connectivity index (χ4n) is 3.51. The average Bonchev–Trinajstić information content (AvgIpc) is 2.82. The third-order valence-corrected chi connectivity index (χ3v) is 5.20. The van der Waals surface area contributed by atoms with E-state index in [0.717, 1.165) is 28.8 Å². The van der Waals surface area contributed by atoms with Gasteiger partial charge in [0.25, 0.3) is 0 Å². The lowest BCUT2D eigenvalue weighted by Crippen LogP contribution is -2.31. The van der Waals surface area contributed by atoms with E-state index in [-0.39, 0.29) is 19.1 Å². The van der Waals surface area contributed by atoms with Gasteiger partial charge < -0.3 is 24.8 Å². The van der Waals surface area contributed by atoms with Gasteiger partial charge >= 0.3 is 12.1 Å². The van der Waals surface area contributed by atoms with Gasteiger partial charge in [0.15, 0.2) is 0 Å². The zero-order chi connectivity index (χ0) is 24.2. The van der Waals surface area contributed by atoms with Crippen LogP contribution in [0.5, 0.6) is 0 Å². The fraction of sp³-hybridized carbons (Fsp3) is 0.346. The number of carboxylic acid groups (broad SMARTS) is 1. The Labute approximate surface area is 198 Å². The normalized spacial score (nSPS) is 11.7. The summed E-state index contributed by atoms with van der Waals surface area (Å²) >= 11 is 0. The molecule has 2 N–H and O–H groups in total. The van der Waals surface area contributed by atoms with Crippen LogP contribution in [0.4, 0.5) is 10.5 Å². The zero-order valence-corrected chi connectivity index (χ0v) is 18.9. The van der Waals surface area contributed by atoms with Crippen molar-refractivity contribution >= 4 is 23.7 Å². The zero-order valence-electron chi connectivity index (χ0n) is 18.9. The molecule has 2 aromatic carbocycles. The van der Waals surface area contributed by atoms with Crippen LogP contribution in [0.1, 0.15) is 42.4 Å². The van der Waals surface area contributed by atoms with Crippen molar-refractivity contribution in [3.8, 4) is 11.8 Å². The molecule has 0 aromatic heterocycles. The Bertz CT molecular complexity index is 1070. The van der Waals surface area contributed by atoms with E-state index in [1.54, 1.807) is 0 Å². The summed E-state index contributed by atoms with van der Waals surface area (Å²) in [7, 11) is 0. The van der Waals surface area contributed by atoms with Gasteiger partial charge in [-0.3, -0.25) is 4.79 Å². The first-order chi connectivity index (χ1) is 16.5. The first kappa shape index (κ1) is 24.8. The molecule has 8 nitrogen and oxygen atoms in total. The number of anilines is 1. The van der Waals surface area contributed by atoms with E-state index >= 15 is 0 Å². The molecule has 0 unspecified atom stereocenters. The van der Waals surface area contributed by atoms with Gasteiger partial charge in [0.2, 0.25) is 5.91 Å². The van der Waals surface area contributed by atoms with Gasteiger partial charge in [0, 0.05) is 24.1 Å². The second-order valence-corrected chi connectivity index (χ2v) is 7.72. The minimum atomic E-state index is -1.07. The Balaban J connectivity index is 1.42. The molecule has 3 rings (SSSR count). The SMILES string of the molecule is O=C(O)COCCOC(=O)NCCCCCC(=O)N1Cc2ccccc2C#Cc2ccccc21. The number of rotatable bonds is 11. The molecule has 0 fully saturated rings. The topological polar surface area (TPSA) is 105 Å². The Morgan fingerprint density at radius 3 is 2.50 bits per heavy atom. The summed E-state index contributed by atoms with van der Waals surface area (Å²) in [4.78, 5) is 36.8. The Hall–Kier alpha value is -3.83. The number of nitrogens with zero attached hydrogens (tertiary/aromatic N) is 1. The van der Waals surface area contributed by atoms with Gasteiger partial charge in [0.1, 0.15) is 13.2 Å². The number of carboxylic acids is 1. The van der Waals surface area contributed by atoms with Gasteiger partial charge in [-0.05, 0) is 36.6 Å². The number of fused-ring (bicyclic) bond motifs is 2. The van der Waals surface area contributed by atoms with E-state index in [0.29, 0.717) is 32.4 Å². The molecular weight excluding hydrogens is 436 g/mol. The molecule has 178 valence electrons. The maximum absolute atomic E-state index is 13.1. The van der Waals surface area contributed by atoms with Crippen LogP contribution >= 0.6 is 0 Å². The van der Waals surface area contributed by atoms with Crippen molar-refractivity contribution in [2.75, 3.05) is 31.3 Å². The number of nitrogens with one attached hydrogen (secondary N) is 1. The van der Waals surface area contributed by atoms with Crippen LogP contribution in [0.2, 0.25) is 0 Å². The summed E-state index contributed by atoms with van der Waals surface area (Å²) in [5, 5.41) is 11.1. The summed E-state index contributed by atoms with van der Waals surface area (Å²) in [6, 6.07) is 15.6. The second-order valence-electron chi connectivity index (χ2n) is 7.72. The third kappa shape index (κ3) is 7.64. The number of benzene rings is 2. The van der Waals surface area contributed by atoms with Crippen LogP contribution in [0, 0.1) is 11.8 Å². The molecule has 0 atom stereocenters. The van der Waals surface area contributed by atoms with Crippen molar-refractivity contribution in [3.05, 3.63) is 65.2 Å². The maximum Gasteiger partial charge on any atom is 0.407 e. The van der Waals surface area contributed by atoms with E-state index in [1.807, 2.05) is 53.4 Å². The maximum atomic E-state index is 13.1. The van der Waals surface area contributed by atoms with Gasteiger partial charge in [-0.25, -0.2) is 9.59 Å². The van der Waals surface area contributed by atoms with E-state index in [9.17, 15) is 14.4 Å². The number of hydrogen-bond acceptors (Lipinski definition) is 5. The van der Waals surface area contributed by atoms with Crippen molar-refractivity contribution in [2.24, 2.45) is 0 Å². The third-order valence-electron chi connectivity index (χ3n) is 5.20. The Morgan fingerprint density at radius 1 is 0.941 bits per heavy atom. The van der Waals surface area contributed by atoms with Crippen molar-refractivity contribution in [3.63, 3.8) is 0 Å². The number of carbonyl (C=O) groups excluding carboxylic acids is 2. The minimum absolute atomic E-state index is 0.0154. The number of amides is 2. The number of ether oxygens (including phenoxy) is 2. The van der Waals surface area contributed by atoms with Crippen molar-refractivity contribution in [2.45, 2.75) is 32.2 Å². The molecule has 1 aliphatic heterocycles. The number of aliphatic carboxylic acids is 1. The molecule has 0 saturated carbocycles. The largest absolute Gasteiger partial charge is 0.480 e. The molecular formula is C26H28N2O6. The summed E-state index contributed by atoms with van der Waals surface area (Å²) in [5.41, 5.74) is 3.61. The summed E-state index contributed by atoms with van der Waals surface area (Å²) < 4.78 is 9.68. The van der Waals surface area contributed by atoms with Crippen LogP contribution in [-0.4, -0.2) is 49.4 Å². The predicted octanol–water partition coefficient (Wildman–Crippen LogP) is 3.32.